The number of aryl methyl sites for hydroxylation is 3. The summed E-state index contributed by atoms with van der Waals surface area (Å²) in [7, 11) is -3.62. The molecule has 0 heterocycles. The molecule has 1 aromatic carbocycles. The van der Waals surface area contributed by atoms with Gasteiger partial charge in [-0.3, -0.25) is 4.79 Å². The largest absolute Gasteiger partial charge is 0.355 e. The molecule has 7 heteroatoms. The topological polar surface area (TPSA) is 87.3 Å². The van der Waals surface area contributed by atoms with E-state index in [1.807, 2.05) is 32.9 Å². The summed E-state index contributed by atoms with van der Waals surface area (Å²) in [6.45, 7) is 10.9. The summed E-state index contributed by atoms with van der Waals surface area (Å²) < 4.78 is 27.4. The van der Waals surface area contributed by atoms with E-state index in [-0.39, 0.29) is 24.9 Å². The number of hydrogen-bond donors (Lipinski definition) is 3. The Bertz CT molecular complexity index is 649. The van der Waals surface area contributed by atoms with Crippen molar-refractivity contribution >= 4 is 15.9 Å². The molecule has 1 rings (SSSR count). The summed E-state index contributed by atoms with van der Waals surface area (Å²) in [5.41, 5.74) is 2.45. The van der Waals surface area contributed by atoms with Crippen LogP contribution < -0.4 is 15.4 Å². The maximum Gasteiger partial charge on any atom is 0.241 e. The van der Waals surface area contributed by atoms with Crippen LogP contribution in [0, 0.1) is 20.8 Å². The van der Waals surface area contributed by atoms with Gasteiger partial charge < -0.3 is 10.6 Å². The van der Waals surface area contributed by atoms with E-state index in [0.717, 1.165) is 12.1 Å². The van der Waals surface area contributed by atoms with Gasteiger partial charge in [-0.25, -0.2) is 13.1 Å². The Labute approximate surface area is 145 Å². The SMILES string of the molecule is CCN[C@H](C)CNC(=O)CCNS(=O)(=O)c1c(C)cc(C)cc1C. The monoisotopic (exact) mass is 355 g/mol. The number of amides is 1. The number of carbonyl (C=O) groups is 1. The fraction of sp³-hybridized carbons (Fsp3) is 0.588. The first-order valence-electron chi connectivity index (χ1n) is 8.25. The van der Waals surface area contributed by atoms with Crippen LogP contribution >= 0.6 is 0 Å². The van der Waals surface area contributed by atoms with Gasteiger partial charge in [0.25, 0.3) is 0 Å². The molecule has 1 atom stereocenters. The smallest absolute Gasteiger partial charge is 0.241 e. The van der Waals surface area contributed by atoms with Crippen molar-refractivity contribution in [1.82, 2.24) is 15.4 Å². The van der Waals surface area contributed by atoms with Gasteiger partial charge in [-0.1, -0.05) is 24.6 Å². The number of carbonyl (C=O) groups excluding carboxylic acids is 1. The summed E-state index contributed by atoms with van der Waals surface area (Å²) >= 11 is 0. The fourth-order valence-corrected chi connectivity index (χ4v) is 4.22. The van der Waals surface area contributed by atoms with Crippen molar-refractivity contribution in [2.45, 2.75) is 52.0 Å². The predicted octanol–water partition coefficient (Wildman–Crippen LogP) is 1.39. The predicted molar refractivity (Wildman–Crippen MR) is 96.6 cm³/mol. The summed E-state index contributed by atoms with van der Waals surface area (Å²) in [5, 5.41) is 5.98. The molecule has 0 aliphatic heterocycles. The molecule has 0 radical (unpaired) electrons. The third-order valence-corrected chi connectivity index (χ3v) is 5.44. The molecule has 6 nitrogen and oxygen atoms in total. The highest BCUT2D eigenvalue weighted by molar-refractivity contribution is 7.89. The van der Waals surface area contributed by atoms with Gasteiger partial charge in [-0.15, -0.1) is 0 Å². The number of benzene rings is 1. The van der Waals surface area contributed by atoms with Crippen LogP contribution in [0.2, 0.25) is 0 Å². The highest BCUT2D eigenvalue weighted by atomic mass is 32.2. The first-order valence-corrected chi connectivity index (χ1v) is 9.73. The minimum Gasteiger partial charge on any atom is -0.355 e. The van der Waals surface area contributed by atoms with Crippen molar-refractivity contribution in [3.63, 3.8) is 0 Å². The average molecular weight is 356 g/mol. The Morgan fingerprint density at radius 3 is 2.29 bits per heavy atom. The lowest BCUT2D eigenvalue weighted by Gasteiger charge is -2.14. The third-order valence-electron chi connectivity index (χ3n) is 3.68. The van der Waals surface area contributed by atoms with Crippen LogP contribution in [0.1, 0.15) is 37.0 Å². The molecule has 0 aliphatic rings. The molecule has 24 heavy (non-hydrogen) atoms. The van der Waals surface area contributed by atoms with Crippen molar-refractivity contribution in [1.29, 1.82) is 0 Å². The summed E-state index contributed by atoms with van der Waals surface area (Å²) in [6, 6.07) is 3.88. The maximum absolute atomic E-state index is 12.5. The molecule has 0 saturated heterocycles. The van der Waals surface area contributed by atoms with E-state index >= 15 is 0 Å². The van der Waals surface area contributed by atoms with Gasteiger partial charge in [0.05, 0.1) is 4.90 Å². The Hall–Kier alpha value is -1.44. The summed E-state index contributed by atoms with van der Waals surface area (Å²) in [4.78, 5) is 12.1. The summed E-state index contributed by atoms with van der Waals surface area (Å²) in [6.07, 6.45) is 0.113. The lowest BCUT2D eigenvalue weighted by Crippen LogP contribution is -2.39. The van der Waals surface area contributed by atoms with Crippen molar-refractivity contribution in [3.8, 4) is 0 Å². The molecular weight excluding hydrogens is 326 g/mol. The first kappa shape index (κ1) is 20.6. The van der Waals surface area contributed by atoms with E-state index in [1.165, 1.54) is 0 Å². The average Bonchev–Trinajstić information content (AvgIpc) is 2.43. The minimum atomic E-state index is -3.62. The van der Waals surface area contributed by atoms with Crippen LogP contribution in [0.3, 0.4) is 0 Å². The number of nitrogens with one attached hydrogen (secondary N) is 3. The lowest BCUT2D eigenvalue weighted by atomic mass is 10.1. The van der Waals surface area contributed by atoms with Crippen LogP contribution in [0.15, 0.2) is 17.0 Å². The van der Waals surface area contributed by atoms with Crippen LogP contribution in [0.25, 0.3) is 0 Å². The van der Waals surface area contributed by atoms with E-state index in [1.54, 1.807) is 13.8 Å². The van der Waals surface area contributed by atoms with Gasteiger partial charge in [-0.05, 0) is 45.4 Å². The Balaban J connectivity index is 2.57. The second-order valence-corrected chi connectivity index (χ2v) is 7.84. The van der Waals surface area contributed by atoms with Crippen LogP contribution in [-0.2, 0) is 14.8 Å². The second kappa shape index (κ2) is 9.15. The molecule has 0 aliphatic carbocycles. The van der Waals surface area contributed by atoms with E-state index < -0.39 is 10.0 Å². The van der Waals surface area contributed by atoms with Crippen molar-refractivity contribution in [3.05, 3.63) is 28.8 Å². The normalized spacial score (nSPS) is 12.9. The molecule has 1 aromatic rings. The quantitative estimate of drug-likeness (QED) is 0.625. The number of likely N-dealkylation sites (N-methyl/N-ethyl adjacent to an activating group) is 1. The Morgan fingerprint density at radius 1 is 1.17 bits per heavy atom. The fourth-order valence-electron chi connectivity index (χ4n) is 2.74. The van der Waals surface area contributed by atoms with Gasteiger partial charge in [0, 0.05) is 25.6 Å². The molecule has 0 bridgehead atoms. The van der Waals surface area contributed by atoms with Crippen molar-refractivity contribution < 1.29 is 13.2 Å². The highest BCUT2D eigenvalue weighted by Gasteiger charge is 2.19. The van der Waals surface area contributed by atoms with Gasteiger partial charge >= 0.3 is 0 Å². The van der Waals surface area contributed by atoms with Crippen molar-refractivity contribution in [2.24, 2.45) is 0 Å². The highest BCUT2D eigenvalue weighted by Crippen LogP contribution is 2.21. The standard InChI is InChI=1S/C17H29N3O3S/c1-6-18-15(5)11-19-16(21)7-8-20-24(22,23)17-13(3)9-12(2)10-14(17)4/h9-10,15,18,20H,6-8,11H2,1-5H3,(H,19,21)/t15-/m1/s1. The van der Waals surface area contributed by atoms with Crippen molar-refractivity contribution in [2.75, 3.05) is 19.6 Å². The van der Waals surface area contributed by atoms with Crippen LogP contribution in [0.4, 0.5) is 0 Å². The van der Waals surface area contributed by atoms with E-state index in [4.69, 9.17) is 0 Å². The van der Waals surface area contributed by atoms with Gasteiger partial charge in [0.1, 0.15) is 0 Å². The molecule has 0 aromatic heterocycles. The van der Waals surface area contributed by atoms with Gasteiger partial charge in [-0.2, -0.15) is 0 Å². The van der Waals surface area contributed by atoms with E-state index in [0.29, 0.717) is 22.6 Å². The van der Waals surface area contributed by atoms with Gasteiger partial charge in [0.15, 0.2) is 0 Å². The zero-order valence-corrected chi connectivity index (χ0v) is 16.0. The summed E-state index contributed by atoms with van der Waals surface area (Å²) in [5.74, 6) is -0.167. The Morgan fingerprint density at radius 2 is 1.75 bits per heavy atom. The molecule has 136 valence electrons. The molecular formula is C17H29N3O3S. The zero-order valence-electron chi connectivity index (χ0n) is 15.2. The molecule has 0 fully saturated rings. The number of sulfonamides is 1. The van der Waals surface area contributed by atoms with Crippen LogP contribution in [0.5, 0.6) is 0 Å². The number of hydrogen-bond acceptors (Lipinski definition) is 4. The van der Waals surface area contributed by atoms with Crippen LogP contribution in [-0.4, -0.2) is 40.0 Å². The zero-order chi connectivity index (χ0) is 18.3. The molecule has 0 spiro atoms. The molecule has 0 saturated carbocycles. The molecule has 1 amide bonds. The lowest BCUT2D eigenvalue weighted by molar-refractivity contribution is -0.121. The van der Waals surface area contributed by atoms with E-state index in [9.17, 15) is 13.2 Å². The first-order chi connectivity index (χ1) is 11.2. The third kappa shape index (κ3) is 6.22. The molecule has 3 N–H and O–H groups in total. The Kier molecular flexibility index (Phi) is 7.86. The molecule has 0 unspecified atom stereocenters. The van der Waals surface area contributed by atoms with Gasteiger partial charge in [0.2, 0.25) is 15.9 Å². The second-order valence-electron chi connectivity index (χ2n) is 6.14. The minimum absolute atomic E-state index is 0.0799. The maximum atomic E-state index is 12.5. The number of rotatable bonds is 9. The van der Waals surface area contributed by atoms with E-state index in [2.05, 4.69) is 15.4 Å².